The minimum Gasteiger partial charge on any atom is -0.392 e. The number of aliphatic hydroxyl groups excluding tert-OH is 1. The van der Waals surface area contributed by atoms with Gasteiger partial charge >= 0.3 is 6.03 Å². The zero-order valence-electron chi connectivity index (χ0n) is 27.3. The third-order valence-electron chi connectivity index (χ3n) is 8.62. The average molecular weight is 642 g/mol. The first-order chi connectivity index (χ1) is 23.5. The fourth-order valence-corrected chi connectivity index (χ4v) is 6.06. The van der Waals surface area contributed by atoms with Gasteiger partial charge in [-0.15, -0.1) is 0 Å². The normalized spacial score (nSPS) is 17.6. The Labute approximate surface area is 283 Å². The molecule has 0 aromatic heterocycles. The number of hydrogen-bond donors (Lipinski definition) is 3. The maximum absolute atomic E-state index is 12.4. The van der Waals surface area contributed by atoms with Gasteiger partial charge in [-0.1, -0.05) is 127 Å². The quantitative estimate of drug-likeness (QED) is 0.131. The second kappa shape index (κ2) is 16.4. The lowest BCUT2D eigenvalue weighted by Crippen LogP contribution is -2.37. The number of rotatable bonds is 12. The highest BCUT2D eigenvalue weighted by Gasteiger charge is 2.32. The van der Waals surface area contributed by atoms with Crippen molar-refractivity contribution in [1.29, 1.82) is 0 Å². The number of nitrogens with one attached hydrogen (secondary N) is 2. The van der Waals surface area contributed by atoms with Crippen molar-refractivity contribution in [3.8, 4) is 11.1 Å². The highest BCUT2D eigenvalue weighted by molar-refractivity contribution is 5.74. The summed E-state index contributed by atoms with van der Waals surface area (Å²) in [4.78, 5) is 14.7. The number of benzene rings is 5. The molecule has 6 rings (SSSR count). The summed E-state index contributed by atoms with van der Waals surface area (Å²) in [6, 6.07) is 44.7. The summed E-state index contributed by atoms with van der Waals surface area (Å²) in [6.45, 7) is 2.53. The molecule has 1 heterocycles. The van der Waals surface area contributed by atoms with Crippen LogP contribution in [0.3, 0.4) is 0 Å². The van der Waals surface area contributed by atoms with Crippen LogP contribution in [0.25, 0.3) is 11.1 Å². The Balaban J connectivity index is 1.11. The Hall–Kier alpha value is -4.79. The lowest BCUT2D eigenvalue weighted by atomic mass is 9.99. The zero-order valence-corrected chi connectivity index (χ0v) is 27.3. The molecule has 3 N–H and O–H groups in total. The second-order valence-electron chi connectivity index (χ2n) is 12.4. The van der Waals surface area contributed by atoms with Crippen LogP contribution in [0.15, 0.2) is 133 Å². The number of amides is 2. The molecule has 1 aliphatic heterocycles. The van der Waals surface area contributed by atoms with Crippen molar-refractivity contribution < 1.29 is 19.4 Å². The molecule has 0 saturated carbocycles. The largest absolute Gasteiger partial charge is 0.392 e. The van der Waals surface area contributed by atoms with Crippen LogP contribution in [0, 0.1) is 0 Å². The molecule has 0 unspecified atom stereocenters. The van der Waals surface area contributed by atoms with Crippen LogP contribution in [0.1, 0.15) is 52.2 Å². The molecule has 0 aliphatic carbocycles. The first-order valence-corrected chi connectivity index (χ1v) is 16.5. The van der Waals surface area contributed by atoms with Crippen molar-refractivity contribution in [1.82, 2.24) is 15.5 Å². The molecular formula is C41H43N3O4. The van der Waals surface area contributed by atoms with E-state index in [1.807, 2.05) is 72.8 Å². The van der Waals surface area contributed by atoms with E-state index in [0.29, 0.717) is 13.1 Å². The Morgan fingerprint density at radius 1 is 0.688 bits per heavy atom. The highest BCUT2D eigenvalue weighted by Crippen LogP contribution is 2.38. The Morgan fingerprint density at radius 3 is 2.00 bits per heavy atom. The van der Waals surface area contributed by atoms with Gasteiger partial charge in [0, 0.05) is 38.2 Å². The fourth-order valence-electron chi connectivity index (χ4n) is 6.06. The standard InChI is InChI=1S/C41H43N3O4/c1-44(27-31-11-6-3-7-12-31)28-38-24-39(35-17-15-32(29-45)16-18-35)48-40(47-38)36-21-19-34(20-22-36)37-14-8-13-33(23-37)26-43-41(46)42-25-30-9-4-2-5-10-30/h2-23,38-40,45H,24-29H2,1H3,(H2,42,43,46)/t38-,39+,40+/m1/s1. The molecular weight excluding hydrogens is 598 g/mol. The topological polar surface area (TPSA) is 83.1 Å². The summed E-state index contributed by atoms with van der Waals surface area (Å²) in [6.07, 6.45) is 0.0431. The van der Waals surface area contributed by atoms with E-state index in [9.17, 15) is 9.90 Å². The minimum atomic E-state index is -0.518. The van der Waals surface area contributed by atoms with Gasteiger partial charge in [0.2, 0.25) is 0 Å². The first kappa shape index (κ1) is 33.1. The summed E-state index contributed by atoms with van der Waals surface area (Å²) >= 11 is 0. The van der Waals surface area contributed by atoms with Gasteiger partial charge in [0.25, 0.3) is 0 Å². The maximum atomic E-state index is 12.4. The molecule has 1 saturated heterocycles. The predicted octanol–water partition coefficient (Wildman–Crippen LogP) is 7.52. The Bertz CT molecular complexity index is 1730. The Morgan fingerprint density at radius 2 is 1.31 bits per heavy atom. The molecule has 0 radical (unpaired) electrons. The maximum Gasteiger partial charge on any atom is 0.315 e. The summed E-state index contributed by atoms with van der Waals surface area (Å²) in [5.74, 6) is 0. The van der Waals surface area contributed by atoms with Gasteiger partial charge in [-0.05, 0) is 52.1 Å². The van der Waals surface area contributed by atoms with Gasteiger partial charge in [-0.3, -0.25) is 4.90 Å². The van der Waals surface area contributed by atoms with E-state index < -0.39 is 6.29 Å². The molecule has 7 heteroatoms. The smallest absolute Gasteiger partial charge is 0.315 e. The van der Waals surface area contributed by atoms with E-state index in [0.717, 1.165) is 58.5 Å². The van der Waals surface area contributed by atoms with E-state index in [1.54, 1.807) is 0 Å². The summed E-state index contributed by atoms with van der Waals surface area (Å²) in [5, 5.41) is 15.4. The molecule has 0 bridgehead atoms. The van der Waals surface area contributed by atoms with Gasteiger partial charge < -0.3 is 25.2 Å². The fraction of sp³-hybridized carbons (Fsp3) is 0.244. The van der Waals surface area contributed by atoms with Gasteiger partial charge in [-0.25, -0.2) is 4.79 Å². The highest BCUT2D eigenvalue weighted by atomic mass is 16.7. The van der Waals surface area contributed by atoms with Gasteiger partial charge in [-0.2, -0.15) is 0 Å². The summed E-state index contributed by atoms with van der Waals surface area (Å²) in [5.41, 5.74) is 8.39. The van der Waals surface area contributed by atoms with E-state index in [2.05, 4.69) is 83.2 Å². The van der Waals surface area contributed by atoms with Crippen LogP contribution in [0.5, 0.6) is 0 Å². The van der Waals surface area contributed by atoms with Crippen molar-refractivity contribution in [2.75, 3.05) is 13.6 Å². The molecule has 5 aromatic carbocycles. The number of carbonyl (C=O) groups is 1. The molecule has 0 spiro atoms. The molecule has 2 amide bonds. The van der Waals surface area contributed by atoms with Crippen LogP contribution in [-0.4, -0.2) is 35.7 Å². The first-order valence-electron chi connectivity index (χ1n) is 16.5. The SMILES string of the molecule is CN(Cc1ccccc1)C[C@H]1C[C@@H](c2ccc(CO)cc2)O[C@@H](c2ccc(-c3cccc(CNC(=O)NCc4ccccc4)c3)cc2)O1. The van der Waals surface area contributed by atoms with Crippen LogP contribution < -0.4 is 10.6 Å². The molecule has 1 aliphatic rings. The van der Waals surface area contributed by atoms with E-state index in [4.69, 9.17) is 9.47 Å². The third-order valence-corrected chi connectivity index (χ3v) is 8.62. The van der Waals surface area contributed by atoms with E-state index >= 15 is 0 Å². The molecule has 7 nitrogen and oxygen atoms in total. The van der Waals surface area contributed by atoms with Crippen molar-refractivity contribution in [2.45, 2.75) is 51.2 Å². The van der Waals surface area contributed by atoms with Crippen LogP contribution >= 0.6 is 0 Å². The third kappa shape index (κ3) is 9.18. The van der Waals surface area contributed by atoms with Crippen LogP contribution in [-0.2, 0) is 35.7 Å². The number of ether oxygens (including phenoxy) is 2. The molecule has 246 valence electrons. The number of nitrogens with zero attached hydrogens (tertiary/aromatic N) is 1. The summed E-state index contributed by atoms with van der Waals surface area (Å²) < 4.78 is 13.2. The van der Waals surface area contributed by atoms with Crippen molar-refractivity contribution in [3.05, 3.63) is 167 Å². The number of likely N-dealkylation sites (N-methyl/N-ethyl adjacent to an activating group) is 1. The molecule has 1 fully saturated rings. The second-order valence-corrected chi connectivity index (χ2v) is 12.4. The molecule has 5 aromatic rings. The van der Waals surface area contributed by atoms with Gasteiger partial charge in [0.05, 0.1) is 18.8 Å². The van der Waals surface area contributed by atoms with Crippen LogP contribution in [0.4, 0.5) is 4.79 Å². The minimum absolute atomic E-state index is 0.0142. The number of aliphatic hydroxyl groups is 1. The van der Waals surface area contributed by atoms with Crippen molar-refractivity contribution in [3.63, 3.8) is 0 Å². The number of hydrogen-bond acceptors (Lipinski definition) is 5. The van der Waals surface area contributed by atoms with Gasteiger partial charge in [0.1, 0.15) is 0 Å². The lowest BCUT2D eigenvalue weighted by Gasteiger charge is -2.38. The number of carbonyl (C=O) groups excluding carboxylic acids is 1. The summed E-state index contributed by atoms with van der Waals surface area (Å²) in [7, 11) is 2.13. The predicted molar refractivity (Wildman–Crippen MR) is 189 cm³/mol. The zero-order chi connectivity index (χ0) is 33.1. The van der Waals surface area contributed by atoms with Gasteiger partial charge in [0.15, 0.2) is 6.29 Å². The van der Waals surface area contributed by atoms with E-state index in [-0.39, 0.29) is 24.8 Å². The van der Waals surface area contributed by atoms with Crippen molar-refractivity contribution in [2.24, 2.45) is 0 Å². The van der Waals surface area contributed by atoms with Crippen LogP contribution in [0.2, 0.25) is 0 Å². The van der Waals surface area contributed by atoms with Crippen molar-refractivity contribution >= 4 is 6.03 Å². The average Bonchev–Trinajstić information content (AvgIpc) is 3.14. The molecule has 3 atom stereocenters. The molecule has 48 heavy (non-hydrogen) atoms. The lowest BCUT2D eigenvalue weighted by molar-refractivity contribution is -0.252. The number of urea groups is 1. The Kier molecular flexibility index (Phi) is 11.3. The monoisotopic (exact) mass is 641 g/mol. The van der Waals surface area contributed by atoms with E-state index in [1.165, 1.54) is 5.56 Å².